The minimum absolute atomic E-state index is 0.0116. The van der Waals surface area contributed by atoms with E-state index in [0.717, 1.165) is 15.3 Å². The number of nitrogens with one attached hydrogen (secondary N) is 2. The average Bonchev–Trinajstić information content (AvgIpc) is 3.31. The van der Waals surface area contributed by atoms with Gasteiger partial charge in [-0.15, -0.1) is 11.3 Å². The summed E-state index contributed by atoms with van der Waals surface area (Å²) >= 11 is 1.27. The van der Waals surface area contributed by atoms with Gasteiger partial charge in [0.25, 0.3) is 0 Å². The summed E-state index contributed by atoms with van der Waals surface area (Å²) in [4.78, 5) is 39.6. The van der Waals surface area contributed by atoms with Crippen LogP contribution in [0.5, 0.6) is 0 Å². The fourth-order valence-electron chi connectivity index (χ4n) is 3.83. The van der Waals surface area contributed by atoms with Gasteiger partial charge in [-0.2, -0.15) is 0 Å². The summed E-state index contributed by atoms with van der Waals surface area (Å²) < 4.78 is 0. The summed E-state index contributed by atoms with van der Waals surface area (Å²) in [5.74, 6) is -0.850. The zero-order valence-corrected chi connectivity index (χ0v) is 18.9. The molecule has 0 saturated carbocycles. The number of carbonyl (C=O) groups is 3. The molecule has 176 valence electrons. The molecule has 3 atom stereocenters. The number of amides is 3. The molecule has 1 aromatic heterocycles. The van der Waals surface area contributed by atoms with Gasteiger partial charge in [-0.3, -0.25) is 14.5 Å². The molecule has 0 aliphatic carbocycles. The Morgan fingerprint density at radius 2 is 1.97 bits per heavy atom. The van der Waals surface area contributed by atoms with Crippen LogP contribution < -0.4 is 16.4 Å². The minimum Gasteiger partial charge on any atom is -0.465 e. The van der Waals surface area contributed by atoms with E-state index < -0.39 is 30.0 Å². The summed E-state index contributed by atoms with van der Waals surface area (Å²) in [6.07, 6.45) is -0.176. The molecule has 10 nitrogen and oxygen atoms in total. The largest absolute Gasteiger partial charge is 0.465 e. The average molecular weight is 474 g/mol. The van der Waals surface area contributed by atoms with E-state index in [1.807, 2.05) is 30.3 Å². The van der Waals surface area contributed by atoms with E-state index in [1.165, 1.54) is 11.3 Å². The third-order valence-electron chi connectivity index (χ3n) is 5.63. The zero-order chi connectivity index (χ0) is 24.0. The molecule has 1 unspecified atom stereocenters. The number of thiophene rings is 1. The van der Waals surface area contributed by atoms with Gasteiger partial charge in [0, 0.05) is 11.4 Å². The monoisotopic (exact) mass is 473 g/mol. The van der Waals surface area contributed by atoms with E-state index in [0.29, 0.717) is 17.7 Å². The smallest absolute Gasteiger partial charge is 0.407 e. The third kappa shape index (κ3) is 6.01. The lowest BCUT2D eigenvalue weighted by molar-refractivity contribution is -0.132. The second-order valence-electron chi connectivity index (χ2n) is 7.82. The summed E-state index contributed by atoms with van der Waals surface area (Å²) in [5, 5.41) is 26.6. The second kappa shape index (κ2) is 10.8. The molecule has 0 spiro atoms. The van der Waals surface area contributed by atoms with Crippen molar-refractivity contribution >= 4 is 35.1 Å². The van der Waals surface area contributed by atoms with Crippen molar-refractivity contribution in [3.63, 3.8) is 0 Å². The van der Waals surface area contributed by atoms with Crippen molar-refractivity contribution in [2.45, 2.75) is 44.3 Å². The first kappa shape index (κ1) is 24.1. The fraction of sp³-hybridized carbons (Fsp3) is 0.364. The molecule has 2 aromatic rings. The summed E-state index contributed by atoms with van der Waals surface area (Å²) in [6.45, 7) is 2.00. The number of hydrogen-bond acceptors (Lipinski definition) is 6. The first-order chi connectivity index (χ1) is 15.8. The molecule has 33 heavy (non-hydrogen) atoms. The van der Waals surface area contributed by atoms with Gasteiger partial charge in [0.15, 0.2) is 5.84 Å². The molecule has 2 heterocycles. The van der Waals surface area contributed by atoms with Gasteiger partial charge in [0.1, 0.15) is 12.1 Å². The first-order valence-electron chi connectivity index (χ1n) is 10.5. The number of carboxylic acid groups (broad SMARTS) is 1. The highest BCUT2D eigenvalue weighted by molar-refractivity contribution is 7.14. The van der Waals surface area contributed by atoms with E-state index in [1.54, 1.807) is 19.1 Å². The maximum absolute atomic E-state index is 12.9. The maximum Gasteiger partial charge on any atom is 0.407 e. The number of nitrogens with two attached hydrogens (primary N) is 1. The molecule has 0 radical (unpaired) electrons. The normalized spacial score (nSPS) is 19.5. The highest BCUT2D eigenvalue weighted by atomic mass is 32.1. The Labute approximate surface area is 195 Å². The molecule has 3 amide bonds. The molecule has 1 aliphatic heterocycles. The highest BCUT2D eigenvalue weighted by Crippen LogP contribution is 2.31. The molecule has 1 aliphatic rings. The lowest BCUT2D eigenvalue weighted by Gasteiger charge is -2.37. The van der Waals surface area contributed by atoms with E-state index >= 15 is 0 Å². The number of carbonyl (C=O) groups excluding carboxylic acids is 2. The Morgan fingerprint density at radius 1 is 1.24 bits per heavy atom. The van der Waals surface area contributed by atoms with Crippen molar-refractivity contribution in [1.29, 1.82) is 0 Å². The third-order valence-corrected chi connectivity index (χ3v) is 6.74. The molecule has 11 heteroatoms. The quantitative estimate of drug-likeness (QED) is 0.179. The van der Waals surface area contributed by atoms with Crippen LogP contribution in [-0.4, -0.2) is 57.6 Å². The molecular weight excluding hydrogens is 446 g/mol. The van der Waals surface area contributed by atoms with Crippen LogP contribution in [0.25, 0.3) is 0 Å². The van der Waals surface area contributed by atoms with E-state index in [-0.39, 0.29) is 24.8 Å². The van der Waals surface area contributed by atoms with Gasteiger partial charge in [-0.1, -0.05) is 35.5 Å². The van der Waals surface area contributed by atoms with Crippen LogP contribution in [0.3, 0.4) is 0 Å². The van der Waals surface area contributed by atoms with Crippen LogP contribution in [0.4, 0.5) is 4.79 Å². The minimum atomic E-state index is -1.15. The molecule has 6 N–H and O–H groups in total. The summed E-state index contributed by atoms with van der Waals surface area (Å²) in [7, 11) is 0. The topological polar surface area (TPSA) is 157 Å². The van der Waals surface area contributed by atoms with E-state index in [9.17, 15) is 19.5 Å². The Morgan fingerprint density at radius 3 is 2.64 bits per heavy atom. The van der Waals surface area contributed by atoms with Gasteiger partial charge in [-0.25, -0.2) is 4.79 Å². The van der Waals surface area contributed by atoms with Gasteiger partial charge in [0.05, 0.1) is 11.4 Å². The Bertz CT molecular complexity index is 1030. The predicted molar refractivity (Wildman–Crippen MR) is 123 cm³/mol. The number of amidine groups is 1. The van der Waals surface area contributed by atoms with Crippen LogP contribution in [0.1, 0.15) is 41.0 Å². The highest BCUT2D eigenvalue weighted by Gasteiger charge is 2.37. The van der Waals surface area contributed by atoms with Crippen molar-refractivity contribution in [2.75, 3.05) is 6.54 Å². The molecule has 3 rings (SSSR count). The van der Waals surface area contributed by atoms with Crippen LogP contribution in [0.2, 0.25) is 0 Å². The number of oxime groups is 1. The standard InChI is InChI=1S/C22H27N5O5S/c1-13(20(28)24-12-16-7-8-18(33-16)19(23)26-32)25-21(29)17-11-15(9-10-27(17)22(30)31)14-5-3-2-4-6-14/h2-8,13,15,17,32H,9-12H2,1H3,(H2,23,26)(H,24,28)(H,25,29)(H,30,31)/t13?,15-,17+/m0/s1. The molecular formula is C22H27N5O5S. The second-order valence-corrected chi connectivity index (χ2v) is 8.99. The van der Waals surface area contributed by atoms with Crippen LogP contribution in [-0.2, 0) is 16.1 Å². The number of rotatable bonds is 7. The Hall–Kier alpha value is -3.60. The van der Waals surface area contributed by atoms with Gasteiger partial charge in [-0.05, 0) is 43.4 Å². The Kier molecular flexibility index (Phi) is 7.88. The van der Waals surface area contributed by atoms with Gasteiger partial charge in [0.2, 0.25) is 11.8 Å². The number of benzene rings is 1. The molecule has 1 fully saturated rings. The fourth-order valence-corrected chi connectivity index (χ4v) is 4.68. The number of hydrogen-bond donors (Lipinski definition) is 5. The van der Waals surface area contributed by atoms with Crippen LogP contribution in [0, 0.1) is 0 Å². The van der Waals surface area contributed by atoms with E-state index in [4.69, 9.17) is 10.9 Å². The summed E-state index contributed by atoms with van der Waals surface area (Å²) in [5.41, 5.74) is 6.61. The molecule has 0 bridgehead atoms. The van der Waals surface area contributed by atoms with Gasteiger partial charge < -0.3 is 26.7 Å². The lowest BCUT2D eigenvalue weighted by Crippen LogP contribution is -2.56. The van der Waals surface area contributed by atoms with Crippen molar-refractivity contribution in [3.05, 3.63) is 57.8 Å². The zero-order valence-electron chi connectivity index (χ0n) is 18.1. The van der Waals surface area contributed by atoms with Crippen molar-refractivity contribution in [3.8, 4) is 0 Å². The number of likely N-dealkylation sites (tertiary alicyclic amines) is 1. The van der Waals surface area contributed by atoms with Gasteiger partial charge >= 0.3 is 6.09 Å². The first-order valence-corrected chi connectivity index (χ1v) is 11.3. The lowest BCUT2D eigenvalue weighted by atomic mass is 9.85. The SMILES string of the molecule is CC(NC(=O)[C@H]1C[C@@H](c2ccccc2)CCN1C(=O)O)C(=O)NCc1ccc(/C(N)=N/O)s1. The van der Waals surface area contributed by atoms with Crippen molar-refractivity contribution in [1.82, 2.24) is 15.5 Å². The molecule has 1 saturated heterocycles. The number of piperidine rings is 1. The van der Waals surface area contributed by atoms with Crippen molar-refractivity contribution < 1.29 is 24.7 Å². The van der Waals surface area contributed by atoms with Crippen molar-refractivity contribution in [2.24, 2.45) is 10.9 Å². The molecule has 1 aromatic carbocycles. The summed E-state index contributed by atoms with van der Waals surface area (Å²) in [6, 6.07) is 11.4. The maximum atomic E-state index is 12.9. The number of nitrogens with zero attached hydrogens (tertiary/aromatic N) is 2. The predicted octanol–water partition coefficient (Wildman–Crippen LogP) is 1.89. The van der Waals surface area contributed by atoms with Crippen LogP contribution in [0.15, 0.2) is 47.6 Å². The Balaban J connectivity index is 1.59. The van der Waals surface area contributed by atoms with Crippen LogP contribution >= 0.6 is 11.3 Å². The van der Waals surface area contributed by atoms with E-state index in [2.05, 4.69) is 15.8 Å².